The van der Waals surface area contributed by atoms with E-state index in [2.05, 4.69) is 43.8 Å². The zero-order chi connectivity index (χ0) is 11.1. The van der Waals surface area contributed by atoms with Gasteiger partial charge in [0.25, 0.3) is 0 Å². The summed E-state index contributed by atoms with van der Waals surface area (Å²) in [6, 6.07) is 12.9. The van der Waals surface area contributed by atoms with Gasteiger partial charge < -0.3 is 4.43 Å². The number of hydrogen-bond donors (Lipinski definition) is 0. The maximum atomic E-state index is 5.87. The maximum Gasteiger partial charge on any atom is 0.223 e. The Morgan fingerprint density at radius 2 is 2.00 bits per heavy atom. The largest absolute Gasteiger partial charge is 0.415 e. The summed E-state index contributed by atoms with van der Waals surface area (Å²) in [6.45, 7) is 6.02. The Labute approximate surface area is 93.9 Å². The monoisotopic (exact) mass is 220 g/mol. The molecule has 1 aromatic carbocycles. The normalized spacial score (nSPS) is 14.5. The molecule has 0 fully saturated rings. The minimum atomic E-state index is -1.71. The maximum absolute atomic E-state index is 5.87. The van der Waals surface area contributed by atoms with Crippen LogP contribution in [0.5, 0.6) is 0 Å². The van der Waals surface area contributed by atoms with E-state index in [1.807, 2.05) is 13.2 Å². The highest BCUT2D eigenvalue weighted by atomic mass is 28.4. The fourth-order valence-electron chi connectivity index (χ4n) is 1.97. The van der Waals surface area contributed by atoms with Crippen LogP contribution < -0.4 is 5.19 Å². The molecular weight excluding hydrogens is 200 g/mol. The molecule has 2 heteroatoms. The lowest BCUT2D eigenvalue weighted by molar-refractivity contribution is 0.404. The molecule has 1 rings (SSSR count). The fourth-order valence-corrected chi connectivity index (χ4v) is 5.22. The summed E-state index contributed by atoms with van der Waals surface area (Å²) in [7, 11) is 0.141. The Balaban J connectivity index is 2.94. The molecule has 0 amide bonds. The third kappa shape index (κ3) is 2.80. The van der Waals surface area contributed by atoms with Crippen molar-refractivity contribution in [2.24, 2.45) is 0 Å². The van der Waals surface area contributed by atoms with Gasteiger partial charge in [-0.1, -0.05) is 43.3 Å². The highest BCUT2D eigenvalue weighted by molar-refractivity contribution is 6.86. The van der Waals surface area contributed by atoms with Crippen LogP contribution >= 0.6 is 0 Å². The molecule has 1 aromatic rings. The van der Waals surface area contributed by atoms with E-state index in [4.69, 9.17) is 4.43 Å². The van der Waals surface area contributed by atoms with E-state index in [1.165, 1.54) is 5.19 Å². The van der Waals surface area contributed by atoms with Gasteiger partial charge in [-0.25, -0.2) is 0 Å². The molecule has 0 radical (unpaired) electrons. The van der Waals surface area contributed by atoms with Gasteiger partial charge in [0, 0.05) is 7.11 Å². The lowest BCUT2D eigenvalue weighted by atomic mass is 10.4. The molecule has 0 saturated heterocycles. The van der Waals surface area contributed by atoms with Crippen molar-refractivity contribution in [3.8, 4) is 0 Å². The van der Waals surface area contributed by atoms with E-state index in [0.29, 0.717) is 0 Å². The van der Waals surface area contributed by atoms with Crippen molar-refractivity contribution in [1.82, 2.24) is 0 Å². The topological polar surface area (TPSA) is 9.23 Å². The van der Waals surface area contributed by atoms with Crippen molar-refractivity contribution in [1.29, 1.82) is 0 Å². The van der Waals surface area contributed by atoms with E-state index in [1.54, 1.807) is 0 Å². The fraction of sp³-hybridized carbons (Fsp3) is 0.385. The molecular formula is C13H20OSi. The van der Waals surface area contributed by atoms with Crippen LogP contribution in [0.3, 0.4) is 0 Å². The lowest BCUT2D eigenvalue weighted by Crippen LogP contribution is -2.49. The summed E-state index contributed by atoms with van der Waals surface area (Å²) in [5.41, 5.74) is 0. The predicted octanol–water partition coefficient (Wildman–Crippen LogP) is 3.08. The molecule has 0 bridgehead atoms. The number of benzene rings is 1. The summed E-state index contributed by atoms with van der Waals surface area (Å²) in [5, 5.41) is 1.40. The molecule has 0 spiro atoms. The first-order valence-electron chi connectivity index (χ1n) is 5.50. The molecule has 0 heterocycles. The molecule has 0 N–H and O–H groups in total. The van der Waals surface area contributed by atoms with E-state index < -0.39 is 8.32 Å². The van der Waals surface area contributed by atoms with Crippen molar-refractivity contribution >= 4 is 13.5 Å². The van der Waals surface area contributed by atoms with Crippen molar-refractivity contribution < 1.29 is 4.43 Å². The predicted molar refractivity (Wildman–Crippen MR) is 68.9 cm³/mol. The third-order valence-corrected chi connectivity index (χ3v) is 7.42. The first-order valence-corrected chi connectivity index (χ1v) is 7.83. The number of allylic oxidation sites excluding steroid dienone is 1. The molecule has 0 aromatic heterocycles. The standard InChI is InChI=1S/C13H20OSi/c1-4-6-12-15(5-2,14-3)13-10-8-7-9-11-13/h4,7-11H,1,5-6,12H2,2-3H3. The van der Waals surface area contributed by atoms with Gasteiger partial charge in [-0.3, -0.25) is 0 Å². The quantitative estimate of drug-likeness (QED) is 0.529. The zero-order valence-electron chi connectivity index (χ0n) is 9.70. The molecule has 1 atom stereocenters. The summed E-state index contributed by atoms with van der Waals surface area (Å²) in [5.74, 6) is 0. The van der Waals surface area contributed by atoms with Gasteiger partial charge in [0.2, 0.25) is 8.32 Å². The first-order chi connectivity index (χ1) is 7.29. The van der Waals surface area contributed by atoms with Crippen molar-refractivity contribution in [3.05, 3.63) is 43.0 Å². The molecule has 15 heavy (non-hydrogen) atoms. The second kappa shape index (κ2) is 5.88. The van der Waals surface area contributed by atoms with Gasteiger partial charge in [-0.2, -0.15) is 0 Å². The summed E-state index contributed by atoms with van der Waals surface area (Å²) >= 11 is 0. The SMILES string of the molecule is C=CCC[Si](CC)(OC)c1ccccc1. The van der Waals surface area contributed by atoms with Gasteiger partial charge >= 0.3 is 0 Å². The van der Waals surface area contributed by atoms with Crippen LogP contribution in [-0.2, 0) is 4.43 Å². The van der Waals surface area contributed by atoms with Crippen molar-refractivity contribution in [2.45, 2.75) is 25.4 Å². The second-order valence-electron chi connectivity index (χ2n) is 3.75. The van der Waals surface area contributed by atoms with E-state index in [-0.39, 0.29) is 0 Å². The molecule has 1 unspecified atom stereocenters. The number of hydrogen-bond acceptors (Lipinski definition) is 1. The van der Waals surface area contributed by atoms with Crippen LogP contribution in [0.1, 0.15) is 13.3 Å². The van der Waals surface area contributed by atoms with Gasteiger partial charge in [0.15, 0.2) is 0 Å². The first kappa shape index (κ1) is 12.2. The second-order valence-corrected chi connectivity index (χ2v) is 7.93. The molecule has 0 saturated carbocycles. The highest BCUT2D eigenvalue weighted by Gasteiger charge is 2.32. The third-order valence-electron chi connectivity index (χ3n) is 3.01. The smallest absolute Gasteiger partial charge is 0.223 e. The van der Waals surface area contributed by atoms with Gasteiger partial charge in [0.05, 0.1) is 0 Å². The van der Waals surface area contributed by atoms with Crippen molar-refractivity contribution in [3.63, 3.8) is 0 Å². The summed E-state index contributed by atoms with van der Waals surface area (Å²) in [4.78, 5) is 0. The van der Waals surface area contributed by atoms with Crippen LogP contribution in [-0.4, -0.2) is 15.4 Å². The minimum absolute atomic E-state index is 1.04. The Kier molecular flexibility index (Phi) is 4.79. The van der Waals surface area contributed by atoms with Crippen LogP contribution in [0.2, 0.25) is 12.1 Å². The molecule has 82 valence electrons. The van der Waals surface area contributed by atoms with E-state index in [0.717, 1.165) is 18.5 Å². The van der Waals surface area contributed by atoms with Crippen LogP contribution in [0.25, 0.3) is 0 Å². The average molecular weight is 220 g/mol. The molecule has 0 aliphatic heterocycles. The van der Waals surface area contributed by atoms with Crippen LogP contribution in [0, 0.1) is 0 Å². The van der Waals surface area contributed by atoms with E-state index in [9.17, 15) is 0 Å². The van der Waals surface area contributed by atoms with Crippen LogP contribution in [0.4, 0.5) is 0 Å². The highest BCUT2D eigenvalue weighted by Crippen LogP contribution is 2.18. The van der Waals surface area contributed by atoms with Crippen molar-refractivity contribution in [2.75, 3.05) is 7.11 Å². The minimum Gasteiger partial charge on any atom is -0.415 e. The zero-order valence-corrected chi connectivity index (χ0v) is 10.7. The van der Waals surface area contributed by atoms with Gasteiger partial charge in [-0.05, 0) is 23.7 Å². The Hall–Kier alpha value is -0.863. The molecule has 1 nitrogen and oxygen atoms in total. The Morgan fingerprint density at radius 3 is 2.47 bits per heavy atom. The summed E-state index contributed by atoms with van der Waals surface area (Å²) in [6.07, 6.45) is 3.03. The van der Waals surface area contributed by atoms with Gasteiger partial charge in [-0.15, -0.1) is 6.58 Å². The summed E-state index contributed by atoms with van der Waals surface area (Å²) < 4.78 is 5.87. The molecule has 0 aliphatic rings. The van der Waals surface area contributed by atoms with Crippen LogP contribution in [0.15, 0.2) is 43.0 Å². The Bertz CT molecular complexity index is 291. The van der Waals surface area contributed by atoms with Gasteiger partial charge in [0.1, 0.15) is 0 Å². The Morgan fingerprint density at radius 1 is 1.33 bits per heavy atom. The average Bonchev–Trinajstić information content (AvgIpc) is 2.33. The lowest BCUT2D eigenvalue weighted by Gasteiger charge is -2.28. The molecule has 0 aliphatic carbocycles. The number of rotatable bonds is 6. The van der Waals surface area contributed by atoms with E-state index >= 15 is 0 Å².